The normalized spacial score (nSPS) is 11.9. The number of carbonyl (C=O) groups excluding carboxylic acids is 1. The van der Waals surface area contributed by atoms with Gasteiger partial charge in [0.2, 0.25) is 0 Å². The van der Waals surface area contributed by atoms with Crippen LogP contribution in [0.5, 0.6) is 0 Å². The summed E-state index contributed by atoms with van der Waals surface area (Å²) in [5, 5.41) is 8.82. The molecule has 1 aromatic carbocycles. The Kier molecular flexibility index (Phi) is 4.66. The Morgan fingerprint density at radius 3 is 2.24 bits per heavy atom. The van der Waals surface area contributed by atoms with E-state index >= 15 is 0 Å². The molecule has 0 aliphatic heterocycles. The molecule has 1 rings (SSSR count). The predicted molar refractivity (Wildman–Crippen MR) is 59.9 cm³/mol. The Balaban J connectivity index is 2.74. The van der Waals surface area contributed by atoms with Crippen molar-refractivity contribution in [3.63, 3.8) is 0 Å². The molecule has 0 bridgehead atoms. The third-order valence-electron chi connectivity index (χ3n) is 2.36. The standard InChI is InChI=1S/C12H14O5/c1-16-10(11(13)14)7-8-3-5-9(6-4-8)12(15)17-2/h3-6,10H,7H2,1-2H3,(H,13,14). The molecule has 0 aromatic heterocycles. The zero-order valence-corrected chi connectivity index (χ0v) is 9.67. The van der Waals surface area contributed by atoms with Gasteiger partial charge < -0.3 is 14.6 Å². The molecule has 0 spiro atoms. The van der Waals surface area contributed by atoms with E-state index in [1.807, 2.05) is 0 Å². The summed E-state index contributed by atoms with van der Waals surface area (Å²) >= 11 is 0. The van der Waals surface area contributed by atoms with Crippen LogP contribution < -0.4 is 0 Å². The van der Waals surface area contributed by atoms with E-state index in [9.17, 15) is 9.59 Å². The van der Waals surface area contributed by atoms with E-state index in [0.29, 0.717) is 5.56 Å². The van der Waals surface area contributed by atoms with Gasteiger partial charge in [0.1, 0.15) is 0 Å². The van der Waals surface area contributed by atoms with Gasteiger partial charge in [-0.1, -0.05) is 12.1 Å². The van der Waals surface area contributed by atoms with Crippen LogP contribution in [0, 0.1) is 0 Å². The molecule has 1 unspecified atom stereocenters. The lowest BCUT2D eigenvalue weighted by Crippen LogP contribution is -2.24. The molecule has 0 fully saturated rings. The van der Waals surface area contributed by atoms with E-state index in [4.69, 9.17) is 9.84 Å². The summed E-state index contributed by atoms with van der Waals surface area (Å²) in [7, 11) is 2.66. The van der Waals surface area contributed by atoms with Crippen LogP contribution in [0.1, 0.15) is 15.9 Å². The van der Waals surface area contributed by atoms with Crippen LogP contribution in [0.15, 0.2) is 24.3 Å². The highest BCUT2D eigenvalue weighted by atomic mass is 16.5. The van der Waals surface area contributed by atoms with Crippen LogP contribution in [-0.2, 0) is 20.7 Å². The molecule has 0 saturated carbocycles. The topological polar surface area (TPSA) is 72.8 Å². The van der Waals surface area contributed by atoms with Crippen molar-refractivity contribution in [2.75, 3.05) is 14.2 Å². The minimum atomic E-state index is -1.01. The highest BCUT2D eigenvalue weighted by Crippen LogP contribution is 2.09. The Bertz CT molecular complexity index is 396. The quantitative estimate of drug-likeness (QED) is 0.778. The summed E-state index contributed by atoms with van der Waals surface area (Å²) in [5.74, 6) is -1.43. The molecule has 0 amide bonds. The van der Waals surface area contributed by atoms with E-state index in [-0.39, 0.29) is 6.42 Å². The van der Waals surface area contributed by atoms with Crippen LogP contribution in [0.25, 0.3) is 0 Å². The summed E-state index contributed by atoms with van der Waals surface area (Å²) < 4.78 is 9.38. The summed E-state index contributed by atoms with van der Waals surface area (Å²) in [6, 6.07) is 6.55. The molecule has 0 radical (unpaired) electrons. The molecule has 0 aliphatic rings. The molecule has 92 valence electrons. The van der Waals surface area contributed by atoms with Crippen molar-refractivity contribution in [3.8, 4) is 0 Å². The van der Waals surface area contributed by atoms with Crippen molar-refractivity contribution in [3.05, 3.63) is 35.4 Å². The monoisotopic (exact) mass is 238 g/mol. The smallest absolute Gasteiger partial charge is 0.337 e. The van der Waals surface area contributed by atoms with E-state index in [1.54, 1.807) is 24.3 Å². The number of carboxylic acid groups (broad SMARTS) is 1. The van der Waals surface area contributed by atoms with Crippen LogP contribution in [0.2, 0.25) is 0 Å². The Labute approximate surface area is 99.0 Å². The zero-order chi connectivity index (χ0) is 12.8. The Morgan fingerprint density at radius 1 is 1.24 bits per heavy atom. The maximum atomic E-state index is 11.2. The lowest BCUT2D eigenvalue weighted by Gasteiger charge is -2.10. The van der Waals surface area contributed by atoms with Crippen molar-refractivity contribution < 1.29 is 24.2 Å². The van der Waals surface area contributed by atoms with Gasteiger partial charge in [0.05, 0.1) is 12.7 Å². The maximum absolute atomic E-state index is 11.2. The molecule has 1 atom stereocenters. The highest BCUT2D eigenvalue weighted by molar-refractivity contribution is 5.89. The second-order valence-electron chi connectivity index (χ2n) is 3.46. The Hall–Kier alpha value is -1.88. The van der Waals surface area contributed by atoms with E-state index in [1.165, 1.54) is 14.2 Å². The third kappa shape index (κ3) is 3.57. The Morgan fingerprint density at radius 2 is 1.82 bits per heavy atom. The SMILES string of the molecule is COC(=O)c1ccc(CC(OC)C(=O)O)cc1. The third-order valence-corrected chi connectivity index (χ3v) is 2.36. The second-order valence-corrected chi connectivity index (χ2v) is 3.46. The fourth-order valence-electron chi connectivity index (χ4n) is 1.38. The molecular formula is C12H14O5. The van der Waals surface area contributed by atoms with Gasteiger partial charge in [0, 0.05) is 13.5 Å². The summed E-state index contributed by atoms with van der Waals surface area (Å²) in [6.07, 6.45) is -0.619. The van der Waals surface area contributed by atoms with Crippen molar-refractivity contribution in [1.29, 1.82) is 0 Å². The molecule has 17 heavy (non-hydrogen) atoms. The van der Waals surface area contributed by atoms with Gasteiger partial charge in [0.15, 0.2) is 6.10 Å². The number of aliphatic carboxylic acids is 1. The zero-order valence-electron chi connectivity index (χ0n) is 9.67. The molecule has 1 aromatic rings. The van der Waals surface area contributed by atoms with Crippen LogP contribution in [-0.4, -0.2) is 37.4 Å². The number of carboxylic acids is 1. The minimum absolute atomic E-state index is 0.257. The van der Waals surface area contributed by atoms with Gasteiger partial charge >= 0.3 is 11.9 Å². The van der Waals surface area contributed by atoms with Gasteiger partial charge in [0.25, 0.3) is 0 Å². The van der Waals surface area contributed by atoms with E-state index in [0.717, 1.165) is 5.56 Å². The number of carbonyl (C=O) groups is 2. The molecule has 5 heteroatoms. The van der Waals surface area contributed by atoms with Crippen molar-refractivity contribution in [1.82, 2.24) is 0 Å². The van der Waals surface area contributed by atoms with Gasteiger partial charge in [-0.3, -0.25) is 0 Å². The first-order chi connectivity index (χ1) is 8.08. The molecule has 1 N–H and O–H groups in total. The van der Waals surface area contributed by atoms with Gasteiger partial charge in [-0.05, 0) is 17.7 Å². The van der Waals surface area contributed by atoms with Crippen molar-refractivity contribution in [2.24, 2.45) is 0 Å². The van der Waals surface area contributed by atoms with Crippen LogP contribution in [0.3, 0.4) is 0 Å². The molecule has 0 saturated heterocycles. The van der Waals surface area contributed by atoms with E-state index in [2.05, 4.69) is 4.74 Å². The summed E-state index contributed by atoms with van der Waals surface area (Å²) in [5.41, 5.74) is 1.22. The second kappa shape index (κ2) is 6.00. The predicted octanol–water partition coefficient (Wildman–Crippen LogP) is 1.12. The lowest BCUT2D eigenvalue weighted by atomic mass is 10.1. The lowest BCUT2D eigenvalue weighted by molar-refractivity contribution is -0.148. The number of esters is 1. The van der Waals surface area contributed by atoms with Crippen molar-refractivity contribution >= 4 is 11.9 Å². The fourth-order valence-corrected chi connectivity index (χ4v) is 1.38. The number of hydrogen-bond donors (Lipinski definition) is 1. The van der Waals surface area contributed by atoms with Gasteiger partial charge in [-0.15, -0.1) is 0 Å². The number of hydrogen-bond acceptors (Lipinski definition) is 4. The first-order valence-corrected chi connectivity index (χ1v) is 5.01. The van der Waals surface area contributed by atoms with Crippen molar-refractivity contribution in [2.45, 2.75) is 12.5 Å². The molecular weight excluding hydrogens is 224 g/mol. The number of rotatable bonds is 5. The largest absolute Gasteiger partial charge is 0.479 e. The average Bonchev–Trinajstić information content (AvgIpc) is 2.35. The molecule has 0 aliphatic carbocycles. The molecule has 0 heterocycles. The van der Waals surface area contributed by atoms with Crippen LogP contribution in [0.4, 0.5) is 0 Å². The first kappa shape index (κ1) is 13.2. The van der Waals surface area contributed by atoms with Gasteiger partial charge in [-0.25, -0.2) is 9.59 Å². The first-order valence-electron chi connectivity index (χ1n) is 5.01. The highest BCUT2D eigenvalue weighted by Gasteiger charge is 2.16. The number of ether oxygens (including phenoxy) is 2. The van der Waals surface area contributed by atoms with E-state index < -0.39 is 18.0 Å². The minimum Gasteiger partial charge on any atom is -0.479 e. The van der Waals surface area contributed by atoms with Crippen LogP contribution >= 0.6 is 0 Å². The number of benzene rings is 1. The summed E-state index contributed by atoms with van der Waals surface area (Å²) in [4.78, 5) is 21.9. The fraction of sp³-hybridized carbons (Fsp3) is 0.333. The molecule has 5 nitrogen and oxygen atoms in total. The summed E-state index contributed by atoms with van der Waals surface area (Å²) in [6.45, 7) is 0. The average molecular weight is 238 g/mol. The van der Waals surface area contributed by atoms with Gasteiger partial charge in [-0.2, -0.15) is 0 Å². The maximum Gasteiger partial charge on any atom is 0.337 e. The number of methoxy groups -OCH3 is 2.